The van der Waals surface area contributed by atoms with Gasteiger partial charge in [-0.3, -0.25) is 14.9 Å². The minimum atomic E-state index is -0.671. The topological polar surface area (TPSA) is 98.3 Å². The molecule has 0 saturated carbocycles. The van der Waals surface area contributed by atoms with Gasteiger partial charge >= 0.3 is 0 Å². The second-order valence-corrected chi connectivity index (χ2v) is 4.78. The van der Waals surface area contributed by atoms with Crippen molar-refractivity contribution in [1.82, 2.24) is 0 Å². The Bertz CT molecular complexity index is 567. The lowest BCUT2D eigenvalue weighted by Gasteiger charge is -2.08. The number of hydrogen-bond donors (Lipinski definition) is 2. The van der Waals surface area contributed by atoms with Gasteiger partial charge in [-0.05, 0) is 37.8 Å². The molecular formula is C14H17N3O3. The van der Waals surface area contributed by atoms with Crippen LogP contribution in [-0.4, -0.2) is 17.4 Å². The molecule has 6 heteroatoms. The standard InChI is InChI=1S/C14H17N3O3/c15-14(18)11-5-6-12(13(9-11)17(19)20)16-8-7-10-3-1-2-4-10/h3,5-6,9,16H,1-2,4,7-8H2,(H2,15,18). The van der Waals surface area contributed by atoms with Gasteiger partial charge in [-0.25, -0.2) is 0 Å². The molecule has 0 heterocycles. The number of anilines is 1. The smallest absolute Gasteiger partial charge is 0.293 e. The van der Waals surface area contributed by atoms with Crippen molar-refractivity contribution in [3.63, 3.8) is 0 Å². The Morgan fingerprint density at radius 1 is 1.45 bits per heavy atom. The summed E-state index contributed by atoms with van der Waals surface area (Å²) in [5.74, 6) is -0.671. The first-order chi connectivity index (χ1) is 9.58. The molecule has 0 radical (unpaired) electrons. The summed E-state index contributed by atoms with van der Waals surface area (Å²) in [6.07, 6.45) is 6.55. The van der Waals surface area contributed by atoms with Crippen molar-refractivity contribution in [1.29, 1.82) is 0 Å². The number of amides is 1. The maximum absolute atomic E-state index is 11.0. The van der Waals surface area contributed by atoms with E-state index < -0.39 is 10.8 Å². The molecule has 0 fully saturated rings. The van der Waals surface area contributed by atoms with E-state index in [1.165, 1.54) is 30.2 Å². The van der Waals surface area contributed by atoms with Gasteiger partial charge in [-0.15, -0.1) is 0 Å². The molecule has 0 atom stereocenters. The molecule has 1 aromatic carbocycles. The third-order valence-electron chi connectivity index (χ3n) is 3.38. The molecule has 0 saturated heterocycles. The van der Waals surface area contributed by atoms with E-state index in [2.05, 4.69) is 11.4 Å². The SMILES string of the molecule is NC(=O)c1ccc(NCCC2=CCCC2)c([N+](=O)[O-])c1. The lowest BCUT2D eigenvalue weighted by molar-refractivity contribution is -0.384. The minimum absolute atomic E-state index is 0.123. The number of nitrogens with two attached hydrogens (primary N) is 1. The van der Waals surface area contributed by atoms with Crippen molar-refractivity contribution in [2.24, 2.45) is 5.73 Å². The van der Waals surface area contributed by atoms with E-state index in [9.17, 15) is 14.9 Å². The minimum Gasteiger partial charge on any atom is -0.379 e. The van der Waals surface area contributed by atoms with Gasteiger partial charge in [-0.1, -0.05) is 11.6 Å². The van der Waals surface area contributed by atoms with Crippen LogP contribution in [0.2, 0.25) is 0 Å². The Morgan fingerprint density at radius 2 is 2.25 bits per heavy atom. The third-order valence-corrected chi connectivity index (χ3v) is 3.38. The van der Waals surface area contributed by atoms with Crippen molar-refractivity contribution in [3.8, 4) is 0 Å². The first-order valence-corrected chi connectivity index (χ1v) is 6.58. The number of primary amides is 1. The fourth-order valence-electron chi connectivity index (χ4n) is 2.31. The summed E-state index contributed by atoms with van der Waals surface area (Å²) >= 11 is 0. The van der Waals surface area contributed by atoms with E-state index in [0.29, 0.717) is 12.2 Å². The number of carbonyl (C=O) groups is 1. The van der Waals surface area contributed by atoms with Crippen LogP contribution in [0.1, 0.15) is 36.0 Å². The molecule has 2 rings (SSSR count). The molecule has 1 aliphatic carbocycles. The third kappa shape index (κ3) is 3.34. The zero-order chi connectivity index (χ0) is 14.5. The number of carbonyl (C=O) groups excluding carboxylic acids is 1. The highest BCUT2D eigenvalue weighted by Crippen LogP contribution is 2.26. The van der Waals surface area contributed by atoms with Gasteiger partial charge in [0, 0.05) is 18.2 Å². The van der Waals surface area contributed by atoms with Gasteiger partial charge in [0.05, 0.1) is 4.92 Å². The van der Waals surface area contributed by atoms with Crippen LogP contribution in [0.15, 0.2) is 29.8 Å². The summed E-state index contributed by atoms with van der Waals surface area (Å²) in [4.78, 5) is 21.6. The summed E-state index contributed by atoms with van der Waals surface area (Å²) in [7, 11) is 0. The van der Waals surface area contributed by atoms with Crippen LogP contribution in [0.25, 0.3) is 0 Å². The molecule has 106 valence electrons. The zero-order valence-electron chi connectivity index (χ0n) is 11.1. The number of benzene rings is 1. The average Bonchev–Trinajstić information content (AvgIpc) is 2.91. The lowest BCUT2D eigenvalue weighted by atomic mass is 10.1. The maximum atomic E-state index is 11.0. The monoisotopic (exact) mass is 275 g/mol. The second kappa shape index (κ2) is 6.18. The van der Waals surface area contributed by atoms with E-state index in [0.717, 1.165) is 19.3 Å². The summed E-state index contributed by atoms with van der Waals surface area (Å²) in [6, 6.07) is 4.23. The molecule has 0 aromatic heterocycles. The number of nitro benzene ring substituents is 1. The van der Waals surface area contributed by atoms with Crippen LogP contribution in [0.5, 0.6) is 0 Å². The van der Waals surface area contributed by atoms with Crippen LogP contribution >= 0.6 is 0 Å². The van der Waals surface area contributed by atoms with Crippen molar-refractivity contribution >= 4 is 17.3 Å². The molecule has 1 aromatic rings. The number of rotatable bonds is 6. The van der Waals surface area contributed by atoms with E-state index in [1.807, 2.05) is 0 Å². The number of nitrogens with zero attached hydrogens (tertiary/aromatic N) is 1. The summed E-state index contributed by atoms with van der Waals surface area (Å²) < 4.78 is 0. The highest BCUT2D eigenvalue weighted by atomic mass is 16.6. The Morgan fingerprint density at radius 3 is 2.85 bits per heavy atom. The fourth-order valence-corrected chi connectivity index (χ4v) is 2.31. The Hall–Kier alpha value is -2.37. The van der Waals surface area contributed by atoms with Gasteiger partial charge in [0.25, 0.3) is 5.69 Å². The molecule has 20 heavy (non-hydrogen) atoms. The summed E-state index contributed by atoms with van der Waals surface area (Å²) in [5, 5.41) is 14.1. The molecule has 0 spiro atoms. The molecule has 1 aliphatic rings. The molecule has 3 N–H and O–H groups in total. The van der Waals surface area contributed by atoms with E-state index >= 15 is 0 Å². The van der Waals surface area contributed by atoms with Crippen molar-refractivity contribution < 1.29 is 9.72 Å². The first kappa shape index (κ1) is 14.0. The van der Waals surface area contributed by atoms with Gasteiger partial charge in [0.15, 0.2) is 0 Å². The number of nitro groups is 1. The predicted molar refractivity (Wildman–Crippen MR) is 76.7 cm³/mol. The average molecular weight is 275 g/mol. The van der Waals surface area contributed by atoms with E-state index in [-0.39, 0.29) is 11.3 Å². The van der Waals surface area contributed by atoms with Crippen LogP contribution in [0, 0.1) is 10.1 Å². The highest BCUT2D eigenvalue weighted by Gasteiger charge is 2.16. The summed E-state index contributed by atoms with van der Waals surface area (Å²) in [5.41, 5.74) is 6.95. The number of nitrogens with one attached hydrogen (secondary N) is 1. The van der Waals surface area contributed by atoms with Crippen LogP contribution in [0.4, 0.5) is 11.4 Å². The Balaban J connectivity index is 2.06. The predicted octanol–water partition coefficient (Wildman–Crippen LogP) is 2.61. The van der Waals surface area contributed by atoms with Gasteiger partial charge in [-0.2, -0.15) is 0 Å². The zero-order valence-corrected chi connectivity index (χ0v) is 11.1. The maximum Gasteiger partial charge on any atom is 0.293 e. The largest absolute Gasteiger partial charge is 0.379 e. The highest BCUT2D eigenvalue weighted by molar-refractivity contribution is 5.94. The van der Waals surface area contributed by atoms with Crippen LogP contribution in [0.3, 0.4) is 0 Å². The fraction of sp³-hybridized carbons (Fsp3) is 0.357. The normalized spacial score (nSPS) is 13.9. The molecule has 1 amide bonds. The quantitative estimate of drug-likeness (QED) is 0.473. The molecule has 6 nitrogen and oxygen atoms in total. The first-order valence-electron chi connectivity index (χ1n) is 6.58. The van der Waals surface area contributed by atoms with Gasteiger partial charge in [0.1, 0.15) is 5.69 Å². The van der Waals surface area contributed by atoms with Crippen molar-refractivity contribution in [2.45, 2.75) is 25.7 Å². The van der Waals surface area contributed by atoms with Crippen molar-refractivity contribution in [2.75, 3.05) is 11.9 Å². The molecule has 0 bridgehead atoms. The Kier molecular flexibility index (Phi) is 4.34. The van der Waals surface area contributed by atoms with E-state index in [1.54, 1.807) is 0 Å². The van der Waals surface area contributed by atoms with Crippen LogP contribution in [-0.2, 0) is 0 Å². The molecule has 0 unspecified atom stereocenters. The van der Waals surface area contributed by atoms with Crippen molar-refractivity contribution in [3.05, 3.63) is 45.5 Å². The van der Waals surface area contributed by atoms with Gasteiger partial charge in [0.2, 0.25) is 5.91 Å². The number of allylic oxidation sites excluding steroid dienone is 1. The number of hydrogen-bond acceptors (Lipinski definition) is 4. The Labute approximate surface area is 116 Å². The van der Waals surface area contributed by atoms with E-state index in [4.69, 9.17) is 5.73 Å². The summed E-state index contributed by atoms with van der Waals surface area (Å²) in [6.45, 7) is 0.641. The molecular weight excluding hydrogens is 258 g/mol. The second-order valence-electron chi connectivity index (χ2n) is 4.78. The van der Waals surface area contributed by atoms with Gasteiger partial charge < -0.3 is 11.1 Å². The lowest BCUT2D eigenvalue weighted by Crippen LogP contribution is -2.12. The van der Waals surface area contributed by atoms with Crippen LogP contribution < -0.4 is 11.1 Å². The molecule has 0 aliphatic heterocycles.